The number of benzene rings is 1. The van der Waals surface area contributed by atoms with Gasteiger partial charge in [-0.2, -0.15) is 0 Å². The zero-order chi connectivity index (χ0) is 14.0. The van der Waals surface area contributed by atoms with Crippen molar-refractivity contribution in [2.24, 2.45) is 0 Å². The first-order valence-corrected chi connectivity index (χ1v) is 6.47. The van der Waals surface area contributed by atoms with Crippen LogP contribution in [0, 0.1) is 13.8 Å². The van der Waals surface area contributed by atoms with Crippen molar-refractivity contribution in [2.45, 2.75) is 33.2 Å². The average molecular weight is 261 g/mol. The van der Waals surface area contributed by atoms with Crippen molar-refractivity contribution in [3.63, 3.8) is 0 Å². The number of hydrogen-bond acceptors (Lipinski definition) is 3. The van der Waals surface area contributed by atoms with E-state index in [4.69, 9.17) is 9.52 Å². The molecule has 1 heterocycles. The summed E-state index contributed by atoms with van der Waals surface area (Å²) in [6.45, 7) is 5.88. The molecule has 0 aliphatic rings. The molecule has 102 valence electrons. The van der Waals surface area contributed by atoms with E-state index in [9.17, 15) is 4.79 Å². The molecule has 19 heavy (non-hydrogen) atoms. The van der Waals surface area contributed by atoms with Gasteiger partial charge in [0.05, 0.1) is 12.6 Å². The zero-order valence-corrected chi connectivity index (χ0v) is 11.5. The van der Waals surface area contributed by atoms with Crippen molar-refractivity contribution in [2.75, 3.05) is 6.61 Å². The highest BCUT2D eigenvalue weighted by molar-refractivity contribution is 5.96. The highest BCUT2D eigenvalue weighted by atomic mass is 16.3. The number of hydrogen-bond donors (Lipinski definition) is 2. The number of carbonyl (C=O) groups excluding carboxylic acids is 1. The van der Waals surface area contributed by atoms with Crippen molar-refractivity contribution in [1.29, 1.82) is 0 Å². The Morgan fingerprint density at radius 2 is 2.00 bits per heavy atom. The topological polar surface area (TPSA) is 62.5 Å². The molecule has 0 bridgehead atoms. The molecule has 0 fully saturated rings. The van der Waals surface area contributed by atoms with Gasteiger partial charge in [-0.25, -0.2) is 0 Å². The van der Waals surface area contributed by atoms with E-state index in [-0.39, 0.29) is 24.3 Å². The Morgan fingerprint density at radius 1 is 1.32 bits per heavy atom. The lowest BCUT2D eigenvalue weighted by Gasteiger charge is -2.12. The van der Waals surface area contributed by atoms with Crippen LogP contribution in [0.1, 0.15) is 35.0 Å². The minimum absolute atomic E-state index is 0.0688. The summed E-state index contributed by atoms with van der Waals surface area (Å²) in [5.74, 6) is -0.000642. The number of aryl methyl sites for hydroxylation is 2. The second-order valence-electron chi connectivity index (χ2n) is 4.85. The van der Waals surface area contributed by atoms with E-state index < -0.39 is 0 Å². The first-order chi connectivity index (χ1) is 9.05. The Morgan fingerprint density at radius 3 is 2.63 bits per heavy atom. The minimum atomic E-state index is -0.285. The third kappa shape index (κ3) is 2.79. The van der Waals surface area contributed by atoms with Crippen molar-refractivity contribution >= 4 is 16.9 Å². The van der Waals surface area contributed by atoms with Gasteiger partial charge in [0.2, 0.25) is 0 Å². The van der Waals surface area contributed by atoms with Crippen molar-refractivity contribution < 1.29 is 14.3 Å². The third-order valence-electron chi connectivity index (χ3n) is 3.40. The fourth-order valence-electron chi connectivity index (χ4n) is 1.95. The van der Waals surface area contributed by atoms with Crippen LogP contribution < -0.4 is 5.32 Å². The molecule has 1 aromatic carbocycles. The van der Waals surface area contributed by atoms with Crippen LogP contribution in [-0.4, -0.2) is 23.7 Å². The maximum atomic E-state index is 12.0. The van der Waals surface area contributed by atoms with Crippen LogP contribution in [0.2, 0.25) is 0 Å². The summed E-state index contributed by atoms with van der Waals surface area (Å²) >= 11 is 0. The van der Waals surface area contributed by atoms with E-state index in [2.05, 4.69) is 5.32 Å². The molecule has 0 saturated heterocycles. The molecule has 0 radical (unpaired) electrons. The molecule has 0 aliphatic heterocycles. The minimum Gasteiger partial charge on any atom is -0.451 e. The van der Waals surface area contributed by atoms with Crippen LogP contribution in [0.15, 0.2) is 22.6 Å². The molecular formula is C15H19NO3. The number of carbonyl (C=O) groups is 1. The SMILES string of the molecule is CCC(CO)NC(=O)c1cc2cc(C)c(C)cc2o1. The van der Waals surface area contributed by atoms with E-state index in [1.165, 1.54) is 5.56 Å². The van der Waals surface area contributed by atoms with Gasteiger partial charge in [-0.05, 0) is 49.6 Å². The number of furan rings is 1. The molecule has 1 unspecified atom stereocenters. The molecule has 4 heteroatoms. The van der Waals surface area contributed by atoms with Crippen LogP contribution in [-0.2, 0) is 0 Å². The highest BCUT2D eigenvalue weighted by Crippen LogP contribution is 2.23. The predicted molar refractivity (Wildman–Crippen MR) is 74.3 cm³/mol. The van der Waals surface area contributed by atoms with Crippen molar-refractivity contribution in [3.05, 3.63) is 35.1 Å². The Hall–Kier alpha value is -1.81. The van der Waals surface area contributed by atoms with Gasteiger partial charge in [0.25, 0.3) is 5.91 Å². The molecule has 1 atom stereocenters. The van der Waals surface area contributed by atoms with Crippen LogP contribution in [0.3, 0.4) is 0 Å². The second kappa shape index (κ2) is 5.45. The van der Waals surface area contributed by atoms with Crippen molar-refractivity contribution in [1.82, 2.24) is 5.32 Å². The summed E-state index contributed by atoms with van der Waals surface area (Å²) in [5.41, 5.74) is 3.02. The number of rotatable bonds is 4. The van der Waals surface area contributed by atoms with Crippen LogP contribution in [0.25, 0.3) is 11.0 Å². The quantitative estimate of drug-likeness (QED) is 0.889. The van der Waals surface area contributed by atoms with Gasteiger partial charge >= 0.3 is 0 Å². The molecule has 2 aromatic rings. The summed E-state index contributed by atoms with van der Waals surface area (Å²) in [7, 11) is 0. The molecule has 1 amide bonds. The summed E-state index contributed by atoms with van der Waals surface area (Å²) in [6, 6.07) is 5.45. The molecule has 1 aromatic heterocycles. The lowest BCUT2D eigenvalue weighted by molar-refractivity contribution is 0.0889. The fraction of sp³-hybridized carbons (Fsp3) is 0.400. The number of fused-ring (bicyclic) bond motifs is 1. The van der Waals surface area contributed by atoms with Crippen LogP contribution >= 0.6 is 0 Å². The maximum Gasteiger partial charge on any atom is 0.287 e. The van der Waals surface area contributed by atoms with Gasteiger partial charge < -0.3 is 14.8 Å². The Bertz CT molecular complexity index is 558. The molecular weight excluding hydrogens is 242 g/mol. The molecule has 4 nitrogen and oxygen atoms in total. The number of nitrogens with one attached hydrogen (secondary N) is 1. The van der Waals surface area contributed by atoms with Crippen LogP contribution in [0.5, 0.6) is 0 Å². The molecule has 2 N–H and O–H groups in total. The Balaban J connectivity index is 2.28. The summed E-state index contributed by atoms with van der Waals surface area (Å²) in [6.07, 6.45) is 0.681. The first-order valence-electron chi connectivity index (χ1n) is 6.47. The molecule has 0 spiro atoms. The number of aliphatic hydroxyl groups excluding tert-OH is 1. The highest BCUT2D eigenvalue weighted by Gasteiger charge is 2.16. The standard InChI is InChI=1S/C15H19NO3/c1-4-12(8-17)16-15(18)14-7-11-5-9(2)10(3)6-13(11)19-14/h5-7,12,17H,4,8H2,1-3H3,(H,16,18). The summed E-state index contributed by atoms with van der Waals surface area (Å²) < 4.78 is 5.56. The summed E-state index contributed by atoms with van der Waals surface area (Å²) in [5, 5.41) is 12.8. The van der Waals surface area contributed by atoms with Gasteiger partial charge in [0.1, 0.15) is 5.58 Å². The van der Waals surface area contributed by atoms with E-state index in [0.717, 1.165) is 10.9 Å². The van der Waals surface area contributed by atoms with Crippen LogP contribution in [0.4, 0.5) is 0 Å². The van der Waals surface area contributed by atoms with E-state index in [1.54, 1.807) is 6.07 Å². The lowest BCUT2D eigenvalue weighted by atomic mass is 10.1. The first kappa shape index (κ1) is 13.6. The maximum absolute atomic E-state index is 12.0. The number of amides is 1. The molecule has 2 rings (SSSR count). The molecule has 0 saturated carbocycles. The Kier molecular flexibility index (Phi) is 3.90. The second-order valence-corrected chi connectivity index (χ2v) is 4.85. The van der Waals surface area contributed by atoms with E-state index >= 15 is 0 Å². The van der Waals surface area contributed by atoms with E-state index in [1.807, 2.05) is 32.9 Å². The van der Waals surface area contributed by atoms with Gasteiger partial charge in [0.15, 0.2) is 5.76 Å². The fourth-order valence-corrected chi connectivity index (χ4v) is 1.95. The van der Waals surface area contributed by atoms with Crippen molar-refractivity contribution in [3.8, 4) is 0 Å². The third-order valence-corrected chi connectivity index (χ3v) is 3.40. The normalized spacial score (nSPS) is 12.6. The van der Waals surface area contributed by atoms with Gasteiger partial charge in [0, 0.05) is 5.39 Å². The van der Waals surface area contributed by atoms with Gasteiger partial charge in [-0.15, -0.1) is 0 Å². The average Bonchev–Trinajstić information content (AvgIpc) is 2.79. The van der Waals surface area contributed by atoms with Gasteiger partial charge in [-0.3, -0.25) is 4.79 Å². The largest absolute Gasteiger partial charge is 0.451 e. The number of aliphatic hydroxyl groups is 1. The zero-order valence-electron chi connectivity index (χ0n) is 11.5. The summed E-state index contributed by atoms with van der Waals surface area (Å²) in [4.78, 5) is 12.0. The monoisotopic (exact) mass is 261 g/mol. The molecule has 0 aliphatic carbocycles. The predicted octanol–water partition coefficient (Wildman–Crippen LogP) is 2.55. The Labute approximate surface area is 112 Å². The lowest BCUT2D eigenvalue weighted by Crippen LogP contribution is -2.36. The van der Waals surface area contributed by atoms with Gasteiger partial charge in [-0.1, -0.05) is 6.92 Å². The van der Waals surface area contributed by atoms with E-state index in [0.29, 0.717) is 12.0 Å². The smallest absolute Gasteiger partial charge is 0.287 e.